The Labute approximate surface area is 124 Å². The van der Waals surface area contributed by atoms with Crippen molar-refractivity contribution in [2.45, 2.75) is 38.1 Å². The molecule has 1 aliphatic carbocycles. The van der Waals surface area contributed by atoms with E-state index in [-0.39, 0.29) is 0 Å². The lowest BCUT2D eigenvalue weighted by molar-refractivity contribution is 0.222. The molecule has 0 radical (unpaired) electrons. The SMILES string of the molecule is CC1CCCC(N)(c2noc(-c3ccc(Br)s3)n2)C1. The Hall–Kier alpha value is -0.720. The molecular formula is C13H16BrN3OS. The van der Waals surface area contributed by atoms with Crippen molar-refractivity contribution in [3.8, 4) is 10.8 Å². The van der Waals surface area contributed by atoms with Crippen LogP contribution in [0.2, 0.25) is 0 Å². The standard InChI is InChI=1S/C13H16BrN3OS/c1-8-3-2-6-13(15,7-8)12-16-11(18-17-12)9-4-5-10(14)19-9/h4-5,8H,2-3,6-7,15H2,1H3. The summed E-state index contributed by atoms with van der Waals surface area (Å²) in [5, 5.41) is 4.11. The van der Waals surface area contributed by atoms with Gasteiger partial charge < -0.3 is 10.3 Å². The predicted molar refractivity (Wildman–Crippen MR) is 78.8 cm³/mol. The van der Waals surface area contributed by atoms with Crippen LogP contribution in [-0.4, -0.2) is 10.1 Å². The van der Waals surface area contributed by atoms with E-state index >= 15 is 0 Å². The highest BCUT2D eigenvalue weighted by Crippen LogP contribution is 2.38. The first-order valence-corrected chi connectivity index (χ1v) is 8.06. The van der Waals surface area contributed by atoms with Crippen LogP contribution < -0.4 is 5.73 Å². The van der Waals surface area contributed by atoms with Crippen molar-refractivity contribution in [2.24, 2.45) is 11.7 Å². The Morgan fingerprint density at radius 1 is 1.53 bits per heavy atom. The van der Waals surface area contributed by atoms with Gasteiger partial charge in [-0.2, -0.15) is 4.98 Å². The minimum absolute atomic E-state index is 0.423. The Bertz CT molecular complexity index is 582. The van der Waals surface area contributed by atoms with Gasteiger partial charge in [-0.1, -0.05) is 24.9 Å². The molecule has 0 aromatic carbocycles. The first-order chi connectivity index (χ1) is 9.07. The molecule has 2 N–H and O–H groups in total. The topological polar surface area (TPSA) is 64.9 Å². The summed E-state index contributed by atoms with van der Waals surface area (Å²) < 4.78 is 6.42. The second-order valence-corrected chi connectivity index (χ2v) is 7.85. The zero-order valence-corrected chi connectivity index (χ0v) is 13.1. The van der Waals surface area contributed by atoms with Crippen LogP contribution in [-0.2, 0) is 5.54 Å². The lowest BCUT2D eigenvalue weighted by atomic mass is 9.76. The maximum atomic E-state index is 6.48. The van der Waals surface area contributed by atoms with Gasteiger partial charge in [-0.15, -0.1) is 11.3 Å². The van der Waals surface area contributed by atoms with Crippen LogP contribution in [0, 0.1) is 5.92 Å². The van der Waals surface area contributed by atoms with Crippen LogP contribution in [0.15, 0.2) is 20.4 Å². The number of thiophene rings is 1. The second-order valence-electron chi connectivity index (χ2n) is 5.38. The zero-order chi connectivity index (χ0) is 13.5. The molecule has 2 atom stereocenters. The molecule has 2 unspecified atom stereocenters. The molecule has 0 spiro atoms. The van der Waals surface area contributed by atoms with Gasteiger partial charge in [0.25, 0.3) is 5.89 Å². The largest absolute Gasteiger partial charge is 0.333 e. The van der Waals surface area contributed by atoms with Gasteiger partial charge in [0, 0.05) is 0 Å². The molecule has 0 bridgehead atoms. The number of rotatable bonds is 2. The fraction of sp³-hybridized carbons (Fsp3) is 0.538. The summed E-state index contributed by atoms with van der Waals surface area (Å²) in [4.78, 5) is 5.48. The zero-order valence-electron chi connectivity index (χ0n) is 10.7. The van der Waals surface area contributed by atoms with Crippen molar-refractivity contribution >= 4 is 27.3 Å². The molecule has 19 heavy (non-hydrogen) atoms. The number of aromatic nitrogens is 2. The van der Waals surface area contributed by atoms with Crippen LogP contribution in [0.4, 0.5) is 0 Å². The molecule has 6 heteroatoms. The summed E-state index contributed by atoms with van der Waals surface area (Å²) >= 11 is 5.02. The van der Waals surface area contributed by atoms with Crippen molar-refractivity contribution < 1.29 is 4.52 Å². The normalized spacial score (nSPS) is 27.6. The average molecular weight is 342 g/mol. The number of nitrogens with two attached hydrogens (primary N) is 1. The highest BCUT2D eigenvalue weighted by Gasteiger charge is 2.37. The fourth-order valence-corrected chi connectivity index (χ4v) is 4.06. The van der Waals surface area contributed by atoms with Crippen LogP contribution in [0.1, 0.15) is 38.4 Å². The van der Waals surface area contributed by atoms with Crippen molar-refractivity contribution in [2.75, 3.05) is 0 Å². The van der Waals surface area contributed by atoms with Crippen molar-refractivity contribution in [3.05, 3.63) is 21.7 Å². The van der Waals surface area contributed by atoms with E-state index in [4.69, 9.17) is 10.3 Å². The molecule has 102 valence electrons. The average Bonchev–Trinajstić information content (AvgIpc) is 2.96. The third-order valence-corrected chi connectivity index (χ3v) is 5.30. The third kappa shape index (κ3) is 2.61. The minimum Gasteiger partial charge on any atom is -0.333 e. The molecule has 0 aliphatic heterocycles. The summed E-state index contributed by atoms with van der Waals surface area (Å²) in [6, 6.07) is 3.95. The molecule has 0 saturated heterocycles. The molecular weight excluding hydrogens is 326 g/mol. The Morgan fingerprint density at radius 3 is 3.05 bits per heavy atom. The summed E-state index contributed by atoms with van der Waals surface area (Å²) in [6.45, 7) is 2.23. The highest BCUT2D eigenvalue weighted by molar-refractivity contribution is 9.11. The molecule has 0 amide bonds. The number of hydrogen-bond donors (Lipinski definition) is 1. The molecule has 4 nitrogen and oxygen atoms in total. The monoisotopic (exact) mass is 341 g/mol. The van der Waals surface area contributed by atoms with Gasteiger partial charge in [0.15, 0.2) is 5.82 Å². The Kier molecular flexibility index (Phi) is 3.49. The van der Waals surface area contributed by atoms with Gasteiger partial charge >= 0.3 is 0 Å². The van der Waals surface area contributed by atoms with Crippen molar-refractivity contribution in [3.63, 3.8) is 0 Å². The van der Waals surface area contributed by atoms with Crippen LogP contribution in [0.3, 0.4) is 0 Å². The highest BCUT2D eigenvalue weighted by atomic mass is 79.9. The van der Waals surface area contributed by atoms with E-state index in [9.17, 15) is 0 Å². The Balaban J connectivity index is 1.88. The van der Waals surface area contributed by atoms with E-state index in [1.165, 1.54) is 6.42 Å². The quantitative estimate of drug-likeness (QED) is 0.898. The summed E-state index contributed by atoms with van der Waals surface area (Å²) in [5.41, 5.74) is 6.05. The number of hydrogen-bond acceptors (Lipinski definition) is 5. The molecule has 2 aromatic heterocycles. The lowest BCUT2D eigenvalue weighted by Gasteiger charge is -2.33. The van der Waals surface area contributed by atoms with E-state index in [1.807, 2.05) is 12.1 Å². The smallest absolute Gasteiger partial charge is 0.268 e. The number of nitrogens with zero attached hydrogens (tertiary/aromatic N) is 2. The van der Waals surface area contributed by atoms with Crippen molar-refractivity contribution in [1.82, 2.24) is 10.1 Å². The lowest BCUT2D eigenvalue weighted by Crippen LogP contribution is -2.42. The summed E-state index contributed by atoms with van der Waals surface area (Å²) in [5.74, 6) is 1.84. The predicted octanol–water partition coefficient (Wildman–Crippen LogP) is 3.92. The minimum atomic E-state index is -0.423. The molecule has 1 aliphatic rings. The molecule has 2 heterocycles. The van der Waals surface area contributed by atoms with Gasteiger partial charge in [0.2, 0.25) is 0 Å². The third-order valence-electron chi connectivity index (χ3n) is 3.69. The first kappa shape index (κ1) is 13.3. The van der Waals surface area contributed by atoms with Gasteiger partial charge in [0.05, 0.1) is 14.2 Å². The second kappa shape index (κ2) is 5.00. The van der Waals surface area contributed by atoms with Crippen LogP contribution >= 0.6 is 27.3 Å². The van der Waals surface area contributed by atoms with Gasteiger partial charge in [0.1, 0.15) is 0 Å². The molecule has 2 aromatic rings. The molecule has 3 rings (SSSR count). The van der Waals surface area contributed by atoms with Gasteiger partial charge in [-0.05, 0) is 46.8 Å². The summed E-state index contributed by atoms with van der Waals surface area (Å²) in [6.07, 6.45) is 4.23. The maximum Gasteiger partial charge on any atom is 0.268 e. The van der Waals surface area contributed by atoms with Crippen LogP contribution in [0.25, 0.3) is 10.8 Å². The van der Waals surface area contributed by atoms with Crippen LogP contribution in [0.5, 0.6) is 0 Å². The first-order valence-electron chi connectivity index (χ1n) is 6.46. The molecule has 1 saturated carbocycles. The fourth-order valence-electron chi connectivity index (χ4n) is 2.75. The number of halogens is 1. The van der Waals surface area contributed by atoms with E-state index in [0.29, 0.717) is 17.6 Å². The van der Waals surface area contributed by atoms with E-state index in [0.717, 1.165) is 27.9 Å². The van der Waals surface area contributed by atoms with Gasteiger partial charge in [-0.25, -0.2) is 0 Å². The van der Waals surface area contributed by atoms with E-state index in [2.05, 4.69) is 33.0 Å². The van der Waals surface area contributed by atoms with Gasteiger partial charge in [-0.3, -0.25) is 0 Å². The van der Waals surface area contributed by atoms with E-state index in [1.54, 1.807) is 11.3 Å². The van der Waals surface area contributed by atoms with Crippen molar-refractivity contribution in [1.29, 1.82) is 0 Å². The molecule has 1 fully saturated rings. The Morgan fingerprint density at radius 2 is 2.37 bits per heavy atom. The summed E-state index contributed by atoms with van der Waals surface area (Å²) in [7, 11) is 0. The maximum absolute atomic E-state index is 6.48. The van der Waals surface area contributed by atoms with E-state index < -0.39 is 5.54 Å².